The third kappa shape index (κ3) is 6.65. The largest absolute Gasteiger partial charge is 0.310 e. The van der Waals surface area contributed by atoms with Crippen molar-refractivity contribution in [3.05, 3.63) is 224 Å². The van der Waals surface area contributed by atoms with Gasteiger partial charge in [-0.3, -0.25) is 0 Å². The fourth-order valence-electron chi connectivity index (χ4n) is 7.29. The highest BCUT2D eigenvalue weighted by molar-refractivity contribution is 5.91. The second kappa shape index (κ2) is 14.3. The average Bonchev–Trinajstić information content (AvgIpc) is 3.25. The van der Waals surface area contributed by atoms with E-state index in [4.69, 9.17) is 0 Å². The van der Waals surface area contributed by atoms with Crippen LogP contribution < -0.4 is 4.90 Å². The molecule has 9 rings (SSSR count). The summed E-state index contributed by atoms with van der Waals surface area (Å²) in [6.45, 7) is 0. The molecule has 0 aliphatic rings. The van der Waals surface area contributed by atoms with Crippen molar-refractivity contribution in [2.24, 2.45) is 0 Å². The number of benzene rings is 9. The number of para-hydroxylation sites is 1. The van der Waals surface area contributed by atoms with Crippen molar-refractivity contribution >= 4 is 27.8 Å². The molecular weight excluding hydrogens is 639 g/mol. The molecule has 1 nitrogen and oxygen atoms in total. The quantitative estimate of drug-likeness (QED) is 0.155. The van der Waals surface area contributed by atoms with Crippen molar-refractivity contribution in [2.45, 2.75) is 0 Å². The van der Waals surface area contributed by atoms with Gasteiger partial charge in [-0.2, -0.15) is 0 Å². The fourth-order valence-corrected chi connectivity index (χ4v) is 7.29. The van der Waals surface area contributed by atoms with Crippen LogP contribution in [0.5, 0.6) is 0 Å². The highest BCUT2D eigenvalue weighted by Crippen LogP contribution is 2.43. The van der Waals surface area contributed by atoms with Crippen LogP contribution in [-0.2, 0) is 0 Å². The molecule has 250 valence electrons. The van der Waals surface area contributed by atoms with E-state index in [9.17, 15) is 0 Å². The lowest BCUT2D eigenvalue weighted by atomic mass is 9.97. The number of hydrogen-bond acceptors (Lipinski definition) is 1. The molecule has 0 N–H and O–H groups in total. The summed E-state index contributed by atoms with van der Waals surface area (Å²) in [5.41, 5.74) is 15.3. The zero-order chi connectivity index (χ0) is 35.4. The van der Waals surface area contributed by atoms with Crippen LogP contribution in [0.15, 0.2) is 224 Å². The van der Waals surface area contributed by atoms with E-state index in [1.165, 1.54) is 66.4 Å². The molecule has 0 aliphatic heterocycles. The Morgan fingerprint density at radius 3 is 1.28 bits per heavy atom. The summed E-state index contributed by atoms with van der Waals surface area (Å²) in [6.07, 6.45) is 0. The monoisotopic (exact) mass is 675 g/mol. The van der Waals surface area contributed by atoms with E-state index in [1.54, 1.807) is 0 Å². The van der Waals surface area contributed by atoms with Gasteiger partial charge in [-0.25, -0.2) is 0 Å². The maximum atomic E-state index is 2.40. The predicted octanol–water partition coefficient (Wildman–Crippen LogP) is 14.6. The molecular formula is C52H37N. The number of hydrogen-bond donors (Lipinski definition) is 0. The second-order valence-electron chi connectivity index (χ2n) is 13.4. The molecule has 0 amide bonds. The molecule has 0 saturated carbocycles. The minimum absolute atomic E-state index is 1.10. The van der Waals surface area contributed by atoms with Gasteiger partial charge < -0.3 is 4.90 Å². The number of fused-ring (bicyclic) bond motifs is 1. The van der Waals surface area contributed by atoms with E-state index in [2.05, 4.69) is 229 Å². The Labute approximate surface area is 311 Å². The summed E-state index contributed by atoms with van der Waals surface area (Å²) in [7, 11) is 0. The van der Waals surface area contributed by atoms with Crippen LogP contribution in [0.2, 0.25) is 0 Å². The molecule has 0 fully saturated rings. The molecule has 9 aromatic rings. The van der Waals surface area contributed by atoms with Crippen molar-refractivity contribution in [1.82, 2.24) is 0 Å². The third-order valence-electron chi connectivity index (χ3n) is 10.1. The number of nitrogens with zero attached hydrogens (tertiary/aromatic N) is 1. The minimum Gasteiger partial charge on any atom is -0.310 e. The number of anilines is 3. The lowest BCUT2D eigenvalue weighted by Crippen LogP contribution is -2.11. The smallest absolute Gasteiger partial charge is 0.0540 e. The van der Waals surface area contributed by atoms with Crippen LogP contribution in [0.25, 0.3) is 66.4 Å². The molecule has 0 aliphatic carbocycles. The summed E-state index contributed by atoms with van der Waals surface area (Å²) in [6, 6.07) is 80.8. The van der Waals surface area contributed by atoms with Gasteiger partial charge >= 0.3 is 0 Å². The zero-order valence-corrected chi connectivity index (χ0v) is 29.3. The Balaban J connectivity index is 1.13. The Morgan fingerprint density at radius 2 is 0.660 bits per heavy atom. The lowest BCUT2D eigenvalue weighted by molar-refractivity contribution is 1.28. The molecule has 0 saturated heterocycles. The molecule has 0 spiro atoms. The lowest BCUT2D eigenvalue weighted by Gasteiger charge is -2.28. The average molecular weight is 676 g/mol. The summed E-state index contributed by atoms with van der Waals surface area (Å²) >= 11 is 0. The van der Waals surface area contributed by atoms with Gasteiger partial charge in [0.25, 0.3) is 0 Å². The first-order chi connectivity index (χ1) is 26.3. The minimum atomic E-state index is 1.10. The highest BCUT2D eigenvalue weighted by Gasteiger charge is 2.18. The normalized spacial score (nSPS) is 11.0. The summed E-state index contributed by atoms with van der Waals surface area (Å²) in [5.74, 6) is 0. The molecule has 0 atom stereocenters. The van der Waals surface area contributed by atoms with Gasteiger partial charge in [-0.05, 0) is 97.2 Å². The van der Waals surface area contributed by atoms with Crippen molar-refractivity contribution in [3.63, 3.8) is 0 Å². The Hall–Kier alpha value is -6.96. The molecule has 1 heteroatoms. The van der Waals surface area contributed by atoms with Crippen LogP contribution in [0.1, 0.15) is 0 Å². The van der Waals surface area contributed by atoms with Crippen LogP contribution in [0.3, 0.4) is 0 Å². The Kier molecular flexibility index (Phi) is 8.66. The van der Waals surface area contributed by atoms with Gasteiger partial charge in [-0.15, -0.1) is 0 Å². The molecule has 9 aromatic carbocycles. The topological polar surface area (TPSA) is 3.24 Å². The molecule has 0 heterocycles. The van der Waals surface area contributed by atoms with Gasteiger partial charge in [0, 0.05) is 16.9 Å². The second-order valence-corrected chi connectivity index (χ2v) is 13.4. The molecule has 0 aromatic heterocycles. The van der Waals surface area contributed by atoms with Crippen LogP contribution in [0.4, 0.5) is 17.1 Å². The van der Waals surface area contributed by atoms with Gasteiger partial charge in [0.2, 0.25) is 0 Å². The standard InChI is InChI=1S/C52H37N/c1-3-12-38(13-4-1)41-22-24-43(25-23-41)44-32-34-49(35-33-44)53(50-19-11-18-47(37-50)48-31-28-40-16-7-8-17-46(40)36-48)52-21-10-9-20-51(52)45-29-26-42(27-30-45)39-14-5-2-6-15-39/h1-37H. The summed E-state index contributed by atoms with van der Waals surface area (Å²) in [4.78, 5) is 2.40. The molecule has 0 bridgehead atoms. The maximum Gasteiger partial charge on any atom is 0.0540 e. The van der Waals surface area contributed by atoms with E-state index < -0.39 is 0 Å². The van der Waals surface area contributed by atoms with E-state index in [0.717, 1.165) is 17.1 Å². The zero-order valence-electron chi connectivity index (χ0n) is 29.3. The van der Waals surface area contributed by atoms with Crippen LogP contribution in [0, 0.1) is 0 Å². The highest BCUT2D eigenvalue weighted by atomic mass is 15.1. The van der Waals surface area contributed by atoms with Gasteiger partial charge in [0.15, 0.2) is 0 Å². The van der Waals surface area contributed by atoms with E-state index in [1.807, 2.05) is 0 Å². The van der Waals surface area contributed by atoms with Gasteiger partial charge in [0.1, 0.15) is 0 Å². The van der Waals surface area contributed by atoms with E-state index in [0.29, 0.717) is 0 Å². The SMILES string of the molecule is c1ccc(-c2ccc(-c3ccc(N(c4cccc(-c5ccc6ccccc6c5)c4)c4ccccc4-c4ccc(-c5ccccc5)cc4)cc3)cc2)cc1. The van der Waals surface area contributed by atoms with Crippen molar-refractivity contribution in [2.75, 3.05) is 4.90 Å². The third-order valence-corrected chi connectivity index (χ3v) is 10.1. The van der Waals surface area contributed by atoms with Crippen LogP contribution in [-0.4, -0.2) is 0 Å². The Morgan fingerprint density at radius 1 is 0.226 bits per heavy atom. The Bertz CT molecular complexity index is 2620. The summed E-state index contributed by atoms with van der Waals surface area (Å²) < 4.78 is 0. The maximum absolute atomic E-state index is 2.40. The van der Waals surface area contributed by atoms with Crippen molar-refractivity contribution in [3.8, 4) is 55.6 Å². The summed E-state index contributed by atoms with van der Waals surface area (Å²) in [5, 5.41) is 2.49. The van der Waals surface area contributed by atoms with Gasteiger partial charge in [-0.1, -0.05) is 188 Å². The molecule has 53 heavy (non-hydrogen) atoms. The first-order valence-corrected chi connectivity index (χ1v) is 18.2. The van der Waals surface area contributed by atoms with E-state index >= 15 is 0 Å². The molecule has 0 radical (unpaired) electrons. The van der Waals surface area contributed by atoms with Crippen molar-refractivity contribution < 1.29 is 0 Å². The van der Waals surface area contributed by atoms with Crippen LogP contribution >= 0.6 is 0 Å². The molecule has 0 unspecified atom stereocenters. The fraction of sp³-hybridized carbons (Fsp3) is 0. The first-order valence-electron chi connectivity index (χ1n) is 18.2. The van der Waals surface area contributed by atoms with E-state index in [-0.39, 0.29) is 0 Å². The van der Waals surface area contributed by atoms with Gasteiger partial charge in [0.05, 0.1) is 5.69 Å². The van der Waals surface area contributed by atoms with Crippen molar-refractivity contribution in [1.29, 1.82) is 0 Å². The first kappa shape index (κ1) is 32.0. The number of rotatable bonds is 8. The predicted molar refractivity (Wildman–Crippen MR) is 226 cm³/mol.